The zero-order valence-corrected chi connectivity index (χ0v) is 21.2. The van der Waals surface area contributed by atoms with E-state index in [9.17, 15) is 24.3 Å². The smallest absolute Gasteiger partial charge is 0.326 e. The first kappa shape index (κ1) is 27.9. The molecule has 1 aliphatic rings. The number of H-pyrrole nitrogens is 1. The molecule has 6 N–H and O–H groups in total. The minimum atomic E-state index is -1.05. The van der Waals surface area contributed by atoms with Crippen LogP contribution in [0.15, 0.2) is 42.9 Å². The molecule has 11 nitrogen and oxygen atoms in total. The minimum Gasteiger partial charge on any atom is -0.480 e. The van der Waals surface area contributed by atoms with E-state index >= 15 is 0 Å². The van der Waals surface area contributed by atoms with Gasteiger partial charge in [0.25, 0.3) is 0 Å². The maximum absolute atomic E-state index is 13.5. The van der Waals surface area contributed by atoms with Gasteiger partial charge in [-0.2, -0.15) is 0 Å². The quantitative estimate of drug-likeness (QED) is 0.277. The van der Waals surface area contributed by atoms with Gasteiger partial charge in [-0.15, -0.1) is 0 Å². The van der Waals surface area contributed by atoms with Crippen molar-refractivity contribution in [1.82, 2.24) is 25.5 Å². The molecule has 4 atom stereocenters. The number of hydrogen-bond acceptors (Lipinski definition) is 6. The van der Waals surface area contributed by atoms with Gasteiger partial charge in [0, 0.05) is 31.3 Å². The second-order valence-electron chi connectivity index (χ2n) is 9.86. The van der Waals surface area contributed by atoms with Crippen molar-refractivity contribution in [3.05, 3.63) is 54.1 Å². The number of amides is 3. The van der Waals surface area contributed by atoms with Crippen molar-refractivity contribution in [2.24, 2.45) is 11.7 Å². The van der Waals surface area contributed by atoms with Gasteiger partial charge in [-0.1, -0.05) is 44.2 Å². The standard InChI is InChI=1S/C26H36N6O5/c1-16(2)11-21(25(35)32-10-6-9-22(32)26(36)37)31-24(34)20(12-17-7-4-3-5-8-17)30-23(33)19(27)13-18-14-28-15-29-18/h3-5,7-8,14-16,19-22H,6,9-13,27H2,1-2H3,(H,28,29)(H,30,33)(H,31,34)(H,36,37). The van der Waals surface area contributed by atoms with Gasteiger partial charge in [-0.3, -0.25) is 14.4 Å². The molecular weight excluding hydrogens is 476 g/mol. The number of aromatic amines is 1. The van der Waals surface area contributed by atoms with Crippen molar-refractivity contribution in [1.29, 1.82) is 0 Å². The van der Waals surface area contributed by atoms with Crippen LogP contribution in [0.1, 0.15) is 44.4 Å². The fourth-order valence-electron chi connectivity index (χ4n) is 4.52. The predicted molar refractivity (Wildman–Crippen MR) is 136 cm³/mol. The van der Waals surface area contributed by atoms with Crippen molar-refractivity contribution < 1.29 is 24.3 Å². The monoisotopic (exact) mass is 512 g/mol. The summed E-state index contributed by atoms with van der Waals surface area (Å²) in [6, 6.07) is 5.48. The maximum atomic E-state index is 13.5. The molecule has 1 aromatic heterocycles. The summed E-state index contributed by atoms with van der Waals surface area (Å²) in [5, 5.41) is 15.1. The van der Waals surface area contributed by atoms with Gasteiger partial charge in [0.2, 0.25) is 17.7 Å². The number of likely N-dealkylation sites (tertiary alicyclic amines) is 1. The summed E-state index contributed by atoms with van der Waals surface area (Å²) >= 11 is 0. The number of carboxylic acid groups (broad SMARTS) is 1. The Bertz CT molecular complexity index is 1060. The zero-order valence-electron chi connectivity index (χ0n) is 21.2. The lowest BCUT2D eigenvalue weighted by molar-refractivity contribution is -0.149. The zero-order chi connectivity index (χ0) is 26.9. The highest BCUT2D eigenvalue weighted by Gasteiger charge is 2.38. The van der Waals surface area contributed by atoms with Crippen LogP contribution in [-0.4, -0.2) is 74.4 Å². The number of carbonyl (C=O) groups is 4. The van der Waals surface area contributed by atoms with Crippen molar-refractivity contribution in [2.75, 3.05) is 6.54 Å². The lowest BCUT2D eigenvalue weighted by Gasteiger charge is -2.30. The van der Waals surface area contributed by atoms with Gasteiger partial charge < -0.3 is 31.4 Å². The van der Waals surface area contributed by atoms with E-state index in [0.29, 0.717) is 31.5 Å². The lowest BCUT2D eigenvalue weighted by atomic mass is 10.00. The fraction of sp³-hybridized carbons (Fsp3) is 0.500. The van der Waals surface area contributed by atoms with Gasteiger partial charge in [-0.05, 0) is 30.7 Å². The number of aliphatic carboxylic acids is 1. The van der Waals surface area contributed by atoms with Crippen molar-refractivity contribution in [3.63, 3.8) is 0 Å². The largest absolute Gasteiger partial charge is 0.480 e. The van der Waals surface area contributed by atoms with E-state index in [1.165, 1.54) is 11.2 Å². The Morgan fingerprint density at radius 3 is 2.43 bits per heavy atom. The van der Waals surface area contributed by atoms with E-state index in [1.807, 2.05) is 44.2 Å². The van der Waals surface area contributed by atoms with E-state index in [0.717, 1.165) is 5.56 Å². The molecule has 3 amide bonds. The number of carbonyl (C=O) groups excluding carboxylic acids is 3. The average Bonchev–Trinajstić information content (AvgIpc) is 3.55. The van der Waals surface area contributed by atoms with Crippen LogP contribution in [0, 0.1) is 5.92 Å². The Hall–Kier alpha value is -3.73. The lowest BCUT2D eigenvalue weighted by Crippen LogP contribution is -2.58. The van der Waals surface area contributed by atoms with E-state index in [2.05, 4.69) is 20.6 Å². The van der Waals surface area contributed by atoms with Gasteiger partial charge >= 0.3 is 5.97 Å². The number of aromatic nitrogens is 2. The molecule has 37 heavy (non-hydrogen) atoms. The second kappa shape index (κ2) is 13.0. The third kappa shape index (κ3) is 7.88. The first-order valence-electron chi connectivity index (χ1n) is 12.6. The highest BCUT2D eigenvalue weighted by molar-refractivity contribution is 5.94. The first-order valence-corrected chi connectivity index (χ1v) is 12.6. The highest BCUT2D eigenvalue weighted by Crippen LogP contribution is 2.20. The molecule has 1 aromatic carbocycles. The summed E-state index contributed by atoms with van der Waals surface area (Å²) in [6.45, 7) is 4.17. The van der Waals surface area contributed by atoms with E-state index in [-0.39, 0.29) is 18.8 Å². The van der Waals surface area contributed by atoms with Crippen LogP contribution in [-0.2, 0) is 32.0 Å². The van der Waals surface area contributed by atoms with Crippen LogP contribution in [0.25, 0.3) is 0 Å². The summed E-state index contributed by atoms with van der Waals surface area (Å²) in [5.41, 5.74) is 7.59. The van der Waals surface area contributed by atoms with Crippen LogP contribution < -0.4 is 16.4 Å². The minimum absolute atomic E-state index is 0.0603. The molecule has 1 saturated heterocycles. The third-order valence-electron chi connectivity index (χ3n) is 6.39. The molecule has 0 radical (unpaired) electrons. The van der Waals surface area contributed by atoms with Crippen molar-refractivity contribution in [2.45, 2.75) is 70.1 Å². The van der Waals surface area contributed by atoms with Gasteiger partial charge in [0.05, 0.1) is 12.4 Å². The maximum Gasteiger partial charge on any atom is 0.326 e. The molecule has 200 valence electrons. The molecule has 3 rings (SSSR count). The molecule has 2 aromatic rings. The molecule has 11 heteroatoms. The number of nitrogens with one attached hydrogen (secondary N) is 3. The SMILES string of the molecule is CC(C)CC(NC(=O)C(Cc1ccccc1)NC(=O)C(N)Cc1cnc[nH]1)C(=O)N1CCCC1C(=O)O. The van der Waals surface area contributed by atoms with Crippen molar-refractivity contribution >= 4 is 23.7 Å². The Balaban J connectivity index is 1.77. The Labute approximate surface area is 216 Å². The number of hydrogen-bond donors (Lipinski definition) is 5. The molecule has 1 aliphatic heterocycles. The van der Waals surface area contributed by atoms with Gasteiger partial charge in [0.1, 0.15) is 18.1 Å². The summed E-state index contributed by atoms with van der Waals surface area (Å²) in [7, 11) is 0. The van der Waals surface area contributed by atoms with Crippen LogP contribution in [0.2, 0.25) is 0 Å². The topological polar surface area (TPSA) is 171 Å². The van der Waals surface area contributed by atoms with Gasteiger partial charge in [0.15, 0.2) is 0 Å². The number of carboxylic acids is 1. The van der Waals surface area contributed by atoms with Crippen LogP contribution in [0.5, 0.6) is 0 Å². The number of nitrogens with zero attached hydrogens (tertiary/aromatic N) is 2. The summed E-state index contributed by atoms with van der Waals surface area (Å²) in [4.78, 5) is 59.5. The first-order chi connectivity index (χ1) is 17.7. The number of nitrogens with two attached hydrogens (primary N) is 1. The molecule has 0 aliphatic carbocycles. The van der Waals surface area contributed by atoms with E-state index in [4.69, 9.17) is 5.73 Å². The Morgan fingerprint density at radius 2 is 1.81 bits per heavy atom. The second-order valence-corrected chi connectivity index (χ2v) is 9.86. The fourth-order valence-corrected chi connectivity index (χ4v) is 4.52. The molecular formula is C26H36N6O5. The van der Waals surface area contributed by atoms with E-state index in [1.54, 1.807) is 6.20 Å². The number of rotatable bonds is 12. The Morgan fingerprint density at radius 1 is 1.11 bits per heavy atom. The summed E-state index contributed by atoms with van der Waals surface area (Å²) in [5.74, 6) is -2.46. The summed E-state index contributed by atoms with van der Waals surface area (Å²) < 4.78 is 0. The molecule has 0 saturated carbocycles. The van der Waals surface area contributed by atoms with E-state index < -0.39 is 47.9 Å². The molecule has 0 bridgehead atoms. The van der Waals surface area contributed by atoms with Gasteiger partial charge in [-0.25, -0.2) is 9.78 Å². The normalized spacial score (nSPS) is 17.7. The highest BCUT2D eigenvalue weighted by atomic mass is 16.4. The molecule has 1 fully saturated rings. The van der Waals surface area contributed by atoms with Crippen LogP contribution in [0.3, 0.4) is 0 Å². The average molecular weight is 513 g/mol. The number of imidazole rings is 1. The predicted octanol–water partition coefficient (Wildman–Crippen LogP) is 0.614. The third-order valence-corrected chi connectivity index (χ3v) is 6.39. The number of benzene rings is 1. The van der Waals surface area contributed by atoms with Crippen LogP contribution in [0.4, 0.5) is 0 Å². The van der Waals surface area contributed by atoms with Crippen molar-refractivity contribution in [3.8, 4) is 0 Å². The Kier molecular flexibility index (Phi) is 9.78. The molecule has 4 unspecified atom stereocenters. The molecule has 2 heterocycles. The molecule has 0 spiro atoms. The van der Waals surface area contributed by atoms with Crippen LogP contribution >= 0.6 is 0 Å². The summed E-state index contributed by atoms with van der Waals surface area (Å²) in [6.07, 6.45) is 4.78.